The van der Waals surface area contributed by atoms with Gasteiger partial charge in [0.05, 0.1) is 36.1 Å². The molecule has 8 nitrogen and oxygen atoms in total. The van der Waals surface area contributed by atoms with Crippen LogP contribution in [0.2, 0.25) is 5.02 Å². The van der Waals surface area contributed by atoms with Crippen LogP contribution in [0.5, 0.6) is 0 Å². The molecule has 1 N–H and O–H groups in total. The second-order valence-corrected chi connectivity index (χ2v) is 8.45. The summed E-state index contributed by atoms with van der Waals surface area (Å²) >= 11 is 6.34. The average Bonchev–Trinajstić information content (AvgIpc) is 3.01. The number of rotatable bonds is 3. The summed E-state index contributed by atoms with van der Waals surface area (Å²) in [5, 5.41) is 3.33. The molecule has 0 radical (unpaired) electrons. The lowest BCUT2D eigenvalue weighted by Crippen LogP contribution is -2.51. The highest BCUT2D eigenvalue weighted by molar-refractivity contribution is 6.31. The smallest absolute Gasteiger partial charge is 0.322 e. The highest BCUT2D eigenvalue weighted by atomic mass is 35.5. The molecule has 0 unspecified atom stereocenters. The van der Waals surface area contributed by atoms with Crippen molar-refractivity contribution in [1.29, 1.82) is 0 Å². The van der Waals surface area contributed by atoms with Gasteiger partial charge in [-0.15, -0.1) is 0 Å². The molecule has 3 atom stereocenters. The standard InChI is InChI=1S/C21H25ClN4O4/c1-12-8-25(9-13(2)30-12)17(27)11-26-10-16-18(20(26)28)19(23-21(29)24(16)3)14-6-4-5-7-15(14)22/h4-7,12-13,19H,8-11H2,1-3H3,(H,23,29)/t12-,13+,19-/m1/s1. The van der Waals surface area contributed by atoms with E-state index < -0.39 is 6.04 Å². The van der Waals surface area contributed by atoms with E-state index in [-0.39, 0.29) is 43.1 Å². The molecule has 30 heavy (non-hydrogen) atoms. The first-order chi connectivity index (χ1) is 14.3. The van der Waals surface area contributed by atoms with Crippen LogP contribution in [0.1, 0.15) is 25.5 Å². The van der Waals surface area contributed by atoms with Crippen molar-refractivity contribution in [2.75, 3.05) is 33.2 Å². The Kier molecular flexibility index (Phi) is 5.46. The third kappa shape index (κ3) is 3.65. The molecule has 0 spiro atoms. The van der Waals surface area contributed by atoms with Crippen molar-refractivity contribution in [2.45, 2.75) is 32.1 Å². The molecule has 1 aromatic rings. The van der Waals surface area contributed by atoms with E-state index in [1.807, 2.05) is 19.9 Å². The van der Waals surface area contributed by atoms with Crippen LogP contribution in [0, 0.1) is 0 Å². The van der Waals surface area contributed by atoms with Gasteiger partial charge in [-0.25, -0.2) is 4.79 Å². The van der Waals surface area contributed by atoms with Gasteiger partial charge in [0.15, 0.2) is 0 Å². The summed E-state index contributed by atoms with van der Waals surface area (Å²) in [4.78, 5) is 43.4. The lowest BCUT2D eigenvalue weighted by atomic mass is 9.96. The van der Waals surface area contributed by atoms with Crippen LogP contribution in [-0.2, 0) is 14.3 Å². The number of morpholine rings is 1. The van der Waals surface area contributed by atoms with Gasteiger partial charge in [-0.1, -0.05) is 29.8 Å². The zero-order valence-corrected chi connectivity index (χ0v) is 18.0. The Hall–Kier alpha value is -2.58. The van der Waals surface area contributed by atoms with E-state index in [1.165, 1.54) is 9.80 Å². The third-order valence-corrected chi connectivity index (χ3v) is 6.09. The van der Waals surface area contributed by atoms with Crippen molar-refractivity contribution in [1.82, 2.24) is 20.0 Å². The maximum atomic E-state index is 13.3. The minimum Gasteiger partial charge on any atom is -0.372 e. The van der Waals surface area contributed by atoms with Crippen molar-refractivity contribution in [3.05, 3.63) is 46.1 Å². The molecule has 3 aliphatic rings. The Morgan fingerprint density at radius 1 is 1.20 bits per heavy atom. The summed E-state index contributed by atoms with van der Waals surface area (Å²) in [6, 6.07) is 6.17. The highest BCUT2D eigenvalue weighted by Gasteiger charge is 2.44. The SMILES string of the molecule is C[C@@H]1CN(C(=O)CN2CC3=C(C2=O)[C@@H](c2ccccc2Cl)NC(=O)N3C)C[C@H](C)O1. The van der Waals surface area contributed by atoms with E-state index >= 15 is 0 Å². The van der Waals surface area contributed by atoms with Crippen LogP contribution in [-0.4, -0.2) is 78.0 Å². The molecule has 1 saturated heterocycles. The second-order valence-electron chi connectivity index (χ2n) is 8.04. The average molecular weight is 433 g/mol. The molecule has 0 aliphatic carbocycles. The molecule has 9 heteroatoms. The van der Waals surface area contributed by atoms with E-state index in [0.29, 0.717) is 34.9 Å². The summed E-state index contributed by atoms with van der Waals surface area (Å²) < 4.78 is 5.69. The molecule has 3 aliphatic heterocycles. The molecule has 0 aromatic heterocycles. The van der Waals surface area contributed by atoms with Gasteiger partial charge in [0.1, 0.15) is 6.54 Å². The van der Waals surface area contributed by atoms with E-state index in [2.05, 4.69) is 5.32 Å². The fraction of sp³-hybridized carbons (Fsp3) is 0.476. The number of nitrogens with zero attached hydrogens (tertiary/aromatic N) is 3. The van der Waals surface area contributed by atoms with Crippen LogP contribution in [0.4, 0.5) is 4.79 Å². The topological polar surface area (TPSA) is 82.2 Å². The molecular weight excluding hydrogens is 408 g/mol. The summed E-state index contributed by atoms with van der Waals surface area (Å²) in [5.74, 6) is -0.383. The molecule has 1 aromatic carbocycles. The number of halogens is 1. The number of benzene rings is 1. The lowest BCUT2D eigenvalue weighted by molar-refractivity contribution is -0.146. The van der Waals surface area contributed by atoms with E-state index in [4.69, 9.17) is 16.3 Å². The fourth-order valence-electron chi connectivity index (χ4n) is 4.34. The number of nitrogens with one attached hydrogen (secondary N) is 1. The monoisotopic (exact) mass is 432 g/mol. The number of likely N-dealkylation sites (N-methyl/N-ethyl adjacent to an activating group) is 1. The normalized spacial score (nSPS) is 26.8. The van der Waals surface area contributed by atoms with Crippen LogP contribution in [0.15, 0.2) is 35.5 Å². The zero-order valence-electron chi connectivity index (χ0n) is 17.2. The minimum atomic E-state index is -0.645. The highest BCUT2D eigenvalue weighted by Crippen LogP contribution is 2.37. The van der Waals surface area contributed by atoms with Crippen molar-refractivity contribution < 1.29 is 19.1 Å². The summed E-state index contributed by atoms with van der Waals surface area (Å²) in [7, 11) is 1.62. The van der Waals surface area contributed by atoms with Gasteiger partial charge >= 0.3 is 6.03 Å². The second kappa shape index (κ2) is 7.92. The maximum Gasteiger partial charge on any atom is 0.322 e. The zero-order chi connectivity index (χ0) is 21.6. The van der Waals surface area contributed by atoms with Crippen molar-refractivity contribution in [2.24, 2.45) is 0 Å². The molecule has 160 valence electrons. The Morgan fingerprint density at radius 3 is 2.53 bits per heavy atom. The maximum absolute atomic E-state index is 13.3. The van der Waals surface area contributed by atoms with Gasteiger partial charge < -0.3 is 19.9 Å². The first-order valence-corrected chi connectivity index (χ1v) is 10.4. The van der Waals surface area contributed by atoms with Crippen molar-refractivity contribution in [3.8, 4) is 0 Å². The molecule has 4 rings (SSSR count). The third-order valence-electron chi connectivity index (χ3n) is 5.75. The number of carbonyl (C=O) groups is 3. The molecular formula is C21H25ClN4O4. The number of hydrogen-bond acceptors (Lipinski definition) is 4. The van der Waals surface area contributed by atoms with Crippen LogP contribution in [0.3, 0.4) is 0 Å². The van der Waals surface area contributed by atoms with Crippen molar-refractivity contribution >= 4 is 29.4 Å². The van der Waals surface area contributed by atoms with E-state index in [1.54, 1.807) is 30.1 Å². The van der Waals surface area contributed by atoms with Gasteiger partial charge in [0, 0.05) is 25.2 Å². The molecule has 0 saturated carbocycles. The Morgan fingerprint density at radius 2 is 1.87 bits per heavy atom. The Labute approximate surface area is 180 Å². The fourth-order valence-corrected chi connectivity index (χ4v) is 4.58. The first-order valence-electron chi connectivity index (χ1n) is 10.0. The number of carbonyl (C=O) groups excluding carboxylic acids is 3. The van der Waals surface area contributed by atoms with Gasteiger partial charge in [0.25, 0.3) is 5.91 Å². The summed E-state index contributed by atoms with van der Waals surface area (Å²) in [6.45, 7) is 5.03. The summed E-state index contributed by atoms with van der Waals surface area (Å²) in [6.07, 6.45) is -0.0910. The summed E-state index contributed by atoms with van der Waals surface area (Å²) in [5.41, 5.74) is 1.72. The number of amides is 4. The number of urea groups is 1. The van der Waals surface area contributed by atoms with Gasteiger partial charge in [-0.05, 0) is 25.5 Å². The van der Waals surface area contributed by atoms with Crippen molar-refractivity contribution in [3.63, 3.8) is 0 Å². The predicted octanol–water partition coefficient (Wildman–Crippen LogP) is 1.77. The Bertz CT molecular complexity index is 923. The van der Waals surface area contributed by atoms with Gasteiger partial charge in [0.2, 0.25) is 5.91 Å². The first kappa shape index (κ1) is 20.7. The number of ether oxygens (including phenoxy) is 1. The minimum absolute atomic E-state index is 0.0391. The van der Waals surface area contributed by atoms with Crippen LogP contribution >= 0.6 is 11.6 Å². The Balaban J connectivity index is 1.57. The molecule has 3 heterocycles. The van der Waals surface area contributed by atoms with Crippen LogP contribution in [0.25, 0.3) is 0 Å². The molecule has 1 fully saturated rings. The predicted molar refractivity (Wildman–Crippen MR) is 111 cm³/mol. The van der Waals surface area contributed by atoms with E-state index in [0.717, 1.165) is 0 Å². The largest absolute Gasteiger partial charge is 0.372 e. The van der Waals surface area contributed by atoms with Gasteiger partial charge in [-0.2, -0.15) is 0 Å². The van der Waals surface area contributed by atoms with Crippen LogP contribution < -0.4 is 5.32 Å². The molecule has 0 bridgehead atoms. The quantitative estimate of drug-likeness (QED) is 0.789. The lowest BCUT2D eigenvalue weighted by Gasteiger charge is -2.36. The van der Waals surface area contributed by atoms with Gasteiger partial charge in [-0.3, -0.25) is 14.5 Å². The molecule has 4 amide bonds. The number of hydrogen-bond donors (Lipinski definition) is 1. The van der Waals surface area contributed by atoms with E-state index in [9.17, 15) is 14.4 Å².